The van der Waals surface area contributed by atoms with Crippen LogP contribution in [0.1, 0.15) is 35.5 Å². The van der Waals surface area contributed by atoms with Crippen molar-refractivity contribution < 1.29 is 22.0 Å². The minimum Gasteiger partial charge on any atom is -0.431 e. The van der Waals surface area contributed by atoms with Crippen molar-refractivity contribution in [3.05, 3.63) is 59.9 Å². The van der Waals surface area contributed by atoms with Crippen LogP contribution in [0.25, 0.3) is 11.5 Å². The van der Waals surface area contributed by atoms with E-state index in [0.717, 1.165) is 19.3 Å². The molecular weight excluding hydrogens is 423 g/mol. The first-order chi connectivity index (χ1) is 14.8. The van der Waals surface area contributed by atoms with Gasteiger partial charge >= 0.3 is 0 Å². The van der Waals surface area contributed by atoms with Gasteiger partial charge in [0.05, 0.1) is 17.6 Å². The number of hydrogen-bond donors (Lipinski definition) is 1. The molecule has 2 aromatic heterocycles. The smallest absolute Gasteiger partial charge is 0.293 e. The number of halogens is 1. The first-order valence-corrected chi connectivity index (χ1v) is 11.3. The number of aryl methyl sites for hydroxylation is 1. The van der Waals surface area contributed by atoms with Crippen LogP contribution >= 0.6 is 0 Å². The number of sulfonamides is 1. The Balaban J connectivity index is 1.48. The summed E-state index contributed by atoms with van der Waals surface area (Å²) in [4.78, 5) is 20.9. The van der Waals surface area contributed by atoms with E-state index in [0.29, 0.717) is 30.0 Å². The van der Waals surface area contributed by atoms with Gasteiger partial charge in [-0.25, -0.2) is 22.8 Å². The summed E-state index contributed by atoms with van der Waals surface area (Å²) < 4.78 is 45.5. The summed E-state index contributed by atoms with van der Waals surface area (Å²) >= 11 is 0. The number of carbonyl (C=O) groups is 1. The number of anilines is 1. The van der Waals surface area contributed by atoms with Gasteiger partial charge in [-0.3, -0.25) is 4.79 Å². The predicted molar refractivity (Wildman–Crippen MR) is 111 cm³/mol. The molecule has 0 saturated carbocycles. The Morgan fingerprint density at radius 3 is 2.45 bits per heavy atom. The maximum Gasteiger partial charge on any atom is 0.293 e. The Bertz CT molecular complexity index is 1190. The van der Waals surface area contributed by atoms with E-state index < -0.39 is 15.9 Å². The minimum atomic E-state index is -3.64. The zero-order valence-corrected chi connectivity index (χ0v) is 17.7. The third kappa shape index (κ3) is 4.49. The highest BCUT2D eigenvalue weighted by Crippen LogP contribution is 2.24. The molecule has 1 N–H and O–H groups in total. The van der Waals surface area contributed by atoms with E-state index in [-0.39, 0.29) is 22.5 Å². The molecule has 162 valence electrons. The van der Waals surface area contributed by atoms with Crippen molar-refractivity contribution in [2.75, 3.05) is 18.4 Å². The summed E-state index contributed by atoms with van der Waals surface area (Å²) in [5, 5.41) is 2.57. The molecule has 3 aromatic rings. The van der Waals surface area contributed by atoms with Gasteiger partial charge in [0.1, 0.15) is 5.82 Å². The number of oxazole rings is 1. The predicted octanol–water partition coefficient (Wildman–Crippen LogP) is 3.61. The molecule has 1 amide bonds. The van der Waals surface area contributed by atoms with Crippen molar-refractivity contribution in [1.29, 1.82) is 0 Å². The van der Waals surface area contributed by atoms with Crippen molar-refractivity contribution in [2.45, 2.75) is 31.2 Å². The number of nitrogens with one attached hydrogen (secondary N) is 1. The van der Waals surface area contributed by atoms with Crippen molar-refractivity contribution in [3.8, 4) is 11.5 Å². The molecule has 10 heteroatoms. The van der Waals surface area contributed by atoms with Crippen LogP contribution in [-0.2, 0) is 10.0 Å². The summed E-state index contributed by atoms with van der Waals surface area (Å²) in [7, 11) is -3.64. The number of piperidine rings is 1. The van der Waals surface area contributed by atoms with Crippen LogP contribution in [0.15, 0.2) is 52.0 Å². The van der Waals surface area contributed by atoms with E-state index in [1.54, 1.807) is 6.92 Å². The molecule has 4 rings (SSSR count). The van der Waals surface area contributed by atoms with Gasteiger partial charge in [0.2, 0.25) is 11.7 Å². The Hall–Kier alpha value is -3.11. The van der Waals surface area contributed by atoms with Gasteiger partial charge in [-0.15, -0.1) is 0 Å². The van der Waals surface area contributed by atoms with E-state index in [4.69, 9.17) is 4.42 Å². The molecule has 1 fully saturated rings. The van der Waals surface area contributed by atoms with Crippen LogP contribution in [-0.4, -0.2) is 41.7 Å². The number of amides is 1. The van der Waals surface area contributed by atoms with Crippen LogP contribution in [0.5, 0.6) is 0 Å². The fourth-order valence-electron chi connectivity index (χ4n) is 3.36. The standard InChI is InChI=1S/C21H21FN4O4S/c1-14-19(30-21(24-14)15-5-7-16(22)8-6-15)20(27)25-17-9-10-18(23-13-17)31(28,29)26-11-3-2-4-12-26/h5-10,13H,2-4,11-12H2,1H3,(H,25,27). The second-order valence-electron chi connectivity index (χ2n) is 7.24. The van der Waals surface area contributed by atoms with Crippen molar-refractivity contribution >= 4 is 21.6 Å². The number of rotatable bonds is 5. The molecule has 0 unspecified atom stereocenters. The van der Waals surface area contributed by atoms with E-state index in [9.17, 15) is 17.6 Å². The molecule has 8 nitrogen and oxygen atoms in total. The molecule has 0 aliphatic carbocycles. The lowest BCUT2D eigenvalue weighted by atomic mass is 10.2. The fourth-order valence-corrected chi connectivity index (χ4v) is 4.78. The SMILES string of the molecule is Cc1nc(-c2ccc(F)cc2)oc1C(=O)Nc1ccc(S(=O)(=O)N2CCCCC2)nc1. The Kier molecular flexibility index (Phi) is 5.84. The molecular formula is C21H21FN4O4S. The number of pyridine rings is 1. The molecule has 0 radical (unpaired) electrons. The summed E-state index contributed by atoms with van der Waals surface area (Å²) in [6.45, 7) is 2.60. The Labute approximate surface area is 179 Å². The number of hydrogen-bond acceptors (Lipinski definition) is 6. The lowest BCUT2D eigenvalue weighted by Gasteiger charge is -2.25. The molecule has 0 atom stereocenters. The highest BCUT2D eigenvalue weighted by atomic mass is 32.2. The topological polar surface area (TPSA) is 105 Å². The third-order valence-electron chi connectivity index (χ3n) is 5.01. The summed E-state index contributed by atoms with van der Waals surface area (Å²) in [5.41, 5.74) is 1.23. The maximum atomic E-state index is 13.1. The minimum absolute atomic E-state index is 0.00402. The number of carbonyl (C=O) groups excluding carboxylic acids is 1. The van der Waals surface area contributed by atoms with E-state index in [1.807, 2.05) is 0 Å². The van der Waals surface area contributed by atoms with Gasteiger partial charge in [0, 0.05) is 18.7 Å². The second kappa shape index (κ2) is 8.56. The molecule has 1 aliphatic heterocycles. The lowest BCUT2D eigenvalue weighted by molar-refractivity contribution is 0.0996. The van der Waals surface area contributed by atoms with Gasteiger partial charge in [-0.1, -0.05) is 6.42 Å². The van der Waals surface area contributed by atoms with Crippen LogP contribution in [0.4, 0.5) is 10.1 Å². The van der Waals surface area contributed by atoms with Gasteiger partial charge in [0.15, 0.2) is 5.03 Å². The van der Waals surface area contributed by atoms with Gasteiger partial charge < -0.3 is 9.73 Å². The van der Waals surface area contributed by atoms with Crippen molar-refractivity contribution in [2.24, 2.45) is 0 Å². The highest BCUT2D eigenvalue weighted by molar-refractivity contribution is 7.89. The van der Waals surface area contributed by atoms with E-state index >= 15 is 0 Å². The van der Waals surface area contributed by atoms with Crippen LogP contribution in [0.2, 0.25) is 0 Å². The summed E-state index contributed by atoms with van der Waals surface area (Å²) in [6, 6.07) is 8.42. The number of benzene rings is 1. The molecule has 0 bridgehead atoms. The van der Waals surface area contributed by atoms with Gasteiger partial charge in [0.25, 0.3) is 15.9 Å². The highest BCUT2D eigenvalue weighted by Gasteiger charge is 2.27. The van der Waals surface area contributed by atoms with Crippen LogP contribution in [0, 0.1) is 12.7 Å². The number of nitrogens with zero attached hydrogens (tertiary/aromatic N) is 3. The molecule has 1 aliphatic rings. The normalized spacial score (nSPS) is 15.0. The summed E-state index contributed by atoms with van der Waals surface area (Å²) in [5.74, 6) is -0.733. The van der Waals surface area contributed by atoms with Crippen LogP contribution < -0.4 is 5.32 Å². The van der Waals surface area contributed by atoms with Crippen molar-refractivity contribution in [1.82, 2.24) is 14.3 Å². The van der Waals surface area contributed by atoms with E-state index in [1.165, 1.54) is 46.9 Å². The summed E-state index contributed by atoms with van der Waals surface area (Å²) in [6.07, 6.45) is 3.99. The molecule has 3 heterocycles. The molecule has 31 heavy (non-hydrogen) atoms. The maximum absolute atomic E-state index is 13.1. The molecule has 1 saturated heterocycles. The third-order valence-corrected chi connectivity index (χ3v) is 6.82. The zero-order chi connectivity index (χ0) is 22.0. The first kappa shape index (κ1) is 21.1. The fraction of sp³-hybridized carbons (Fsp3) is 0.286. The molecule has 0 spiro atoms. The quantitative estimate of drug-likeness (QED) is 0.645. The van der Waals surface area contributed by atoms with Crippen LogP contribution in [0.3, 0.4) is 0 Å². The average molecular weight is 444 g/mol. The Morgan fingerprint density at radius 1 is 1.10 bits per heavy atom. The second-order valence-corrected chi connectivity index (χ2v) is 9.13. The van der Waals surface area contributed by atoms with E-state index in [2.05, 4.69) is 15.3 Å². The average Bonchev–Trinajstić information content (AvgIpc) is 3.17. The Morgan fingerprint density at radius 2 is 1.81 bits per heavy atom. The zero-order valence-electron chi connectivity index (χ0n) is 16.8. The van der Waals surface area contributed by atoms with Gasteiger partial charge in [-0.2, -0.15) is 4.31 Å². The largest absolute Gasteiger partial charge is 0.431 e. The molecule has 1 aromatic carbocycles. The first-order valence-electron chi connectivity index (χ1n) is 9.85. The van der Waals surface area contributed by atoms with Crippen molar-refractivity contribution in [3.63, 3.8) is 0 Å². The lowest BCUT2D eigenvalue weighted by Crippen LogP contribution is -2.36. The van der Waals surface area contributed by atoms with Gasteiger partial charge in [-0.05, 0) is 56.2 Å². The number of aromatic nitrogens is 2. The monoisotopic (exact) mass is 444 g/mol.